The average Bonchev–Trinajstić information content (AvgIpc) is 3.32. The Balaban J connectivity index is 2.05. The molecule has 1 atom stereocenters. The highest BCUT2D eigenvalue weighted by atomic mass is 16.5. The molecule has 0 saturated heterocycles. The van der Waals surface area contributed by atoms with Crippen LogP contribution in [0, 0.1) is 5.92 Å². The Hall–Kier alpha value is -1.94. The van der Waals surface area contributed by atoms with Crippen molar-refractivity contribution in [1.29, 1.82) is 0 Å². The lowest BCUT2D eigenvalue weighted by Gasteiger charge is -2.28. The zero-order chi connectivity index (χ0) is 13.3. The number of ether oxygens (including phenoxy) is 1. The van der Waals surface area contributed by atoms with E-state index in [1.54, 1.807) is 19.5 Å². The molecule has 1 N–H and O–H groups in total. The summed E-state index contributed by atoms with van der Waals surface area (Å²) in [4.78, 5) is 8.05. The van der Waals surface area contributed by atoms with Crippen LogP contribution in [0.5, 0.6) is 5.75 Å². The van der Waals surface area contributed by atoms with Gasteiger partial charge in [0.1, 0.15) is 17.7 Å². The van der Waals surface area contributed by atoms with Crippen molar-refractivity contribution >= 4 is 0 Å². The summed E-state index contributed by atoms with van der Waals surface area (Å²) >= 11 is 0. The quantitative estimate of drug-likeness (QED) is 0.910. The lowest BCUT2D eigenvalue weighted by molar-refractivity contribution is 0.0556. The van der Waals surface area contributed by atoms with Crippen molar-refractivity contribution in [2.24, 2.45) is 5.92 Å². The first kappa shape index (κ1) is 12.1. The summed E-state index contributed by atoms with van der Waals surface area (Å²) in [5, 5.41) is 11.1. The molecule has 1 aliphatic carbocycles. The zero-order valence-electron chi connectivity index (χ0n) is 10.8. The van der Waals surface area contributed by atoms with E-state index in [2.05, 4.69) is 9.97 Å². The van der Waals surface area contributed by atoms with Gasteiger partial charge in [0, 0.05) is 18.0 Å². The second-order valence-electron chi connectivity index (χ2n) is 4.90. The highest BCUT2D eigenvalue weighted by molar-refractivity contribution is 5.39. The lowest BCUT2D eigenvalue weighted by Crippen LogP contribution is -2.30. The third-order valence-electron chi connectivity index (χ3n) is 3.70. The molecule has 4 nitrogen and oxygen atoms in total. The van der Waals surface area contributed by atoms with Crippen LogP contribution < -0.4 is 4.74 Å². The molecule has 19 heavy (non-hydrogen) atoms. The predicted molar refractivity (Wildman–Crippen MR) is 70.7 cm³/mol. The van der Waals surface area contributed by atoms with Gasteiger partial charge in [-0.15, -0.1) is 0 Å². The van der Waals surface area contributed by atoms with Crippen LogP contribution in [0.25, 0.3) is 0 Å². The Kier molecular flexibility index (Phi) is 2.95. The summed E-state index contributed by atoms with van der Waals surface area (Å²) in [6.07, 6.45) is 6.91. The van der Waals surface area contributed by atoms with Gasteiger partial charge >= 0.3 is 0 Å². The van der Waals surface area contributed by atoms with Gasteiger partial charge in [0.15, 0.2) is 0 Å². The van der Waals surface area contributed by atoms with Crippen molar-refractivity contribution in [3.05, 3.63) is 54.1 Å². The third-order valence-corrected chi connectivity index (χ3v) is 3.70. The summed E-state index contributed by atoms with van der Waals surface area (Å²) in [5.74, 6) is 1.03. The molecule has 1 aromatic carbocycles. The van der Waals surface area contributed by atoms with E-state index in [0.717, 1.165) is 29.7 Å². The minimum Gasteiger partial charge on any atom is -0.497 e. The van der Waals surface area contributed by atoms with Crippen molar-refractivity contribution in [2.75, 3.05) is 7.11 Å². The number of methoxy groups -OCH3 is 1. The molecule has 98 valence electrons. The molecule has 0 unspecified atom stereocenters. The topological polar surface area (TPSA) is 55.2 Å². The van der Waals surface area contributed by atoms with E-state index in [-0.39, 0.29) is 5.92 Å². The van der Waals surface area contributed by atoms with Crippen molar-refractivity contribution in [3.8, 4) is 5.75 Å². The maximum Gasteiger partial charge on any atom is 0.120 e. The van der Waals surface area contributed by atoms with E-state index in [9.17, 15) is 5.11 Å². The van der Waals surface area contributed by atoms with E-state index in [4.69, 9.17) is 4.74 Å². The standard InChI is InChI=1S/C15H16N2O2/c1-19-14-6-4-12(5-7-14)15(18,11-2-3-11)13-8-16-10-17-9-13/h4-11,18H,2-3H2,1H3/t15-/m0/s1. The maximum atomic E-state index is 11.1. The molecular weight excluding hydrogens is 240 g/mol. The minimum atomic E-state index is -0.993. The van der Waals surface area contributed by atoms with E-state index >= 15 is 0 Å². The summed E-state index contributed by atoms with van der Waals surface area (Å²) < 4.78 is 5.16. The normalized spacial score (nSPS) is 17.8. The van der Waals surface area contributed by atoms with Gasteiger partial charge in [-0.1, -0.05) is 12.1 Å². The largest absolute Gasteiger partial charge is 0.497 e. The first-order valence-corrected chi connectivity index (χ1v) is 6.37. The summed E-state index contributed by atoms with van der Waals surface area (Å²) in [6, 6.07) is 7.55. The van der Waals surface area contributed by atoms with Crippen LogP contribution in [-0.2, 0) is 5.60 Å². The highest BCUT2D eigenvalue weighted by Gasteiger charge is 2.46. The van der Waals surface area contributed by atoms with Crippen LogP contribution in [-0.4, -0.2) is 22.2 Å². The molecular formula is C15H16N2O2. The summed E-state index contributed by atoms with van der Waals surface area (Å²) in [7, 11) is 1.63. The average molecular weight is 256 g/mol. The summed E-state index contributed by atoms with van der Waals surface area (Å²) in [5.41, 5.74) is 0.626. The Bertz CT molecular complexity index is 552. The molecule has 1 fully saturated rings. The van der Waals surface area contributed by atoms with E-state index < -0.39 is 5.60 Å². The molecule has 4 heteroatoms. The van der Waals surface area contributed by atoms with Gasteiger partial charge in [-0.25, -0.2) is 9.97 Å². The van der Waals surface area contributed by atoms with Crippen molar-refractivity contribution in [3.63, 3.8) is 0 Å². The number of aromatic nitrogens is 2. The van der Waals surface area contributed by atoms with E-state index in [1.165, 1.54) is 6.33 Å². The number of benzene rings is 1. The van der Waals surface area contributed by atoms with Crippen LogP contribution >= 0.6 is 0 Å². The smallest absolute Gasteiger partial charge is 0.120 e. The number of rotatable bonds is 4. The minimum absolute atomic E-state index is 0.242. The van der Waals surface area contributed by atoms with E-state index in [1.807, 2.05) is 24.3 Å². The Morgan fingerprint density at radius 3 is 2.26 bits per heavy atom. The van der Waals surface area contributed by atoms with Crippen LogP contribution in [0.3, 0.4) is 0 Å². The van der Waals surface area contributed by atoms with E-state index in [0.29, 0.717) is 0 Å². The van der Waals surface area contributed by atoms with Gasteiger partial charge in [-0.2, -0.15) is 0 Å². The van der Waals surface area contributed by atoms with Crippen molar-refractivity contribution < 1.29 is 9.84 Å². The Morgan fingerprint density at radius 2 is 1.74 bits per heavy atom. The fraction of sp³-hybridized carbons (Fsp3) is 0.333. The molecule has 0 radical (unpaired) electrons. The van der Waals surface area contributed by atoms with Gasteiger partial charge < -0.3 is 9.84 Å². The van der Waals surface area contributed by atoms with Crippen molar-refractivity contribution in [2.45, 2.75) is 18.4 Å². The second kappa shape index (κ2) is 4.63. The first-order valence-electron chi connectivity index (χ1n) is 6.37. The molecule has 0 amide bonds. The fourth-order valence-corrected chi connectivity index (χ4v) is 2.48. The molecule has 1 saturated carbocycles. The SMILES string of the molecule is COc1ccc([C@](O)(c2cncnc2)C2CC2)cc1. The number of aliphatic hydroxyl groups is 1. The molecule has 1 aromatic heterocycles. The summed E-state index contributed by atoms with van der Waals surface area (Å²) in [6.45, 7) is 0. The zero-order valence-corrected chi connectivity index (χ0v) is 10.8. The van der Waals surface area contributed by atoms with Crippen LogP contribution in [0.4, 0.5) is 0 Å². The first-order chi connectivity index (χ1) is 9.25. The van der Waals surface area contributed by atoms with Gasteiger partial charge in [-0.3, -0.25) is 0 Å². The molecule has 1 aliphatic rings. The Morgan fingerprint density at radius 1 is 1.11 bits per heavy atom. The Labute approximate surface area is 112 Å². The number of hydrogen-bond donors (Lipinski definition) is 1. The van der Waals surface area contributed by atoms with Gasteiger partial charge in [0.25, 0.3) is 0 Å². The third kappa shape index (κ3) is 2.08. The number of hydrogen-bond acceptors (Lipinski definition) is 4. The molecule has 0 spiro atoms. The molecule has 1 heterocycles. The molecule has 2 aromatic rings. The van der Waals surface area contributed by atoms with Gasteiger partial charge in [0.05, 0.1) is 7.11 Å². The second-order valence-corrected chi connectivity index (χ2v) is 4.90. The maximum absolute atomic E-state index is 11.1. The predicted octanol–water partition coefficient (Wildman–Crippen LogP) is 2.13. The molecule has 3 rings (SSSR count). The van der Waals surface area contributed by atoms with Crippen LogP contribution in [0.15, 0.2) is 43.0 Å². The lowest BCUT2D eigenvalue weighted by atomic mass is 9.83. The molecule has 0 bridgehead atoms. The monoisotopic (exact) mass is 256 g/mol. The van der Waals surface area contributed by atoms with Gasteiger partial charge in [-0.05, 0) is 36.5 Å². The molecule has 0 aliphatic heterocycles. The van der Waals surface area contributed by atoms with Crippen LogP contribution in [0.2, 0.25) is 0 Å². The van der Waals surface area contributed by atoms with Gasteiger partial charge in [0.2, 0.25) is 0 Å². The fourth-order valence-electron chi connectivity index (χ4n) is 2.48. The van der Waals surface area contributed by atoms with Crippen molar-refractivity contribution in [1.82, 2.24) is 9.97 Å². The highest BCUT2D eigenvalue weighted by Crippen LogP contribution is 2.49. The van der Waals surface area contributed by atoms with Crippen LogP contribution in [0.1, 0.15) is 24.0 Å². The number of nitrogens with zero attached hydrogens (tertiary/aromatic N) is 2.